The average molecular weight is 427 g/mol. The highest BCUT2D eigenvalue weighted by Crippen LogP contribution is 2.33. The third kappa shape index (κ3) is 3.64. The molecule has 26 heavy (non-hydrogen) atoms. The van der Waals surface area contributed by atoms with Gasteiger partial charge in [0.05, 0.1) is 17.5 Å². The molecule has 2 aliphatic rings. The number of amidine groups is 1. The first-order chi connectivity index (χ1) is 12.7. The maximum absolute atomic E-state index is 12.5. The van der Waals surface area contributed by atoms with Gasteiger partial charge >= 0.3 is 0 Å². The second kappa shape index (κ2) is 7.80. The normalized spacial score (nSPS) is 22.0. The fourth-order valence-corrected chi connectivity index (χ4v) is 4.55. The summed E-state index contributed by atoms with van der Waals surface area (Å²) in [6.07, 6.45) is 5.55. The largest absolute Gasteiger partial charge is 0.273 e. The summed E-state index contributed by atoms with van der Waals surface area (Å²) in [5, 5.41) is 0.811. The van der Waals surface area contributed by atoms with E-state index in [9.17, 15) is 4.79 Å². The van der Waals surface area contributed by atoms with Crippen LogP contribution in [0.2, 0.25) is 0 Å². The highest BCUT2D eigenvalue weighted by molar-refractivity contribution is 9.10. The van der Waals surface area contributed by atoms with Crippen molar-refractivity contribution in [3.8, 4) is 0 Å². The van der Waals surface area contributed by atoms with E-state index in [4.69, 9.17) is 4.99 Å². The van der Waals surface area contributed by atoms with Crippen LogP contribution in [0.4, 0.5) is 5.69 Å². The van der Waals surface area contributed by atoms with Gasteiger partial charge in [0.25, 0.3) is 0 Å². The zero-order chi connectivity index (χ0) is 17.9. The van der Waals surface area contributed by atoms with E-state index in [1.54, 1.807) is 4.90 Å². The Balaban J connectivity index is 1.67. The summed E-state index contributed by atoms with van der Waals surface area (Å²) in [6, 6.07) is 18.4. The minimum atomic E-state index is 0.0946. The Kier molecular flexibility index (Phi) is 5.27. The first-order valence-corrected chi connectivity index (χ1v) is 10.5. The molecule has 5 heteroatoms. The number of hydrogen-bond donors (Lipinski definition) is 0. The topological polar surface area (TPSA) is 32.7 Å². The van der Waals surface area contributed by atoms with Crippen molar-refractivity contribution in [1.29, 1.82) is 0 Å². The predicted molar refractivity (Wildman–Crippen MR) is 114 cm³/mol. The van der Waals surface area contributed by atoms with Crippen LogP contribution in [-0.4, -0.2) is 22.9 Å². The molecule has 0 unspecified atom stereocenters. The van der Waals surface area contributed by atoms with Gasteiger partial charge in [0, 0.05) is 4.47 Å². The number of anilines is 1. The summed E-state index contributed by atoms with van der Waals surface area (Å²) >= 11 is 4.99. The van der Waals surface area contributed by atoms with Crippen molar-refractivity contribution in [1.82, 2.24) is 0 Å². The van der Waals surface area contributed by atoms with E-state index in [1.807, 2.05) is 30.3 Å². The molecule has 2 aromatic carbocycles. The van der Waals surface area contributed by atoms with Crippen molar-refractivity contribution in [2.75, 3.05) is 10.7 Å². The molecule has 1 fully saturated rings. The predicted octanol–water partition coefficient (Wildman–Crippen LogP) is 5.52. The number of thioether (sulfide) groups is 1. The fourth-order valence-electron chi connectivity index (χ4n) is 3.37. The monoisotopic (exact) mass is 426 g/mol. The Morgan fingerprint density at radius 2 is 1.85 bits per heavy atom. The van der Waals surface area contributed by atoms with Gasteiger partial charge in [-0.05, 0) is 54.7 Å². The van der Waals surface area contributed by atoms with Crippen molar-refractivity contribution >= 4 is 50.0 Å². The fraction of sp³-hybridized carbons (Fsp3) is 0.238. The number of halogens is 1. The molecule has 1 atom stereocenters. The van der Waals surface area contributed by atoms with E-state index in [2.05, 4.69) is 46.3 Å². The highest BCUT2D eigenvalue weighted by atomic mass is 79.9. The average Bonchev–Trinajstić information content (AvgIpc) is 3.04. The van der Waals surface area contributed by atoms with E-state index >= 15 is 0 Å². The Hall–Kier alpha value is -1.85. The Morgan fingerprint density at radius 3 is 2.62 bits per heavy atom. The molecule has 0 spiro atoms. The lowest BCUT2D eigenvalue weighted by Crippen LogP contribution is -2.30. The van der Waals surface area contributed by atoms with Gasteiger partial charge in [-0.2, -0.15) is 0 Å². The summed E-state index contributed by atoms with van der Waals surface area (Å²) in [7, 11) is 0. The summed E-state index contributed by atoms with van der Waals surface area (Å²) in [5.41, 5.74) is 3.38. The Labute approximate surface area is 166 Å². The van der Waals surface area contributed by atoms with Gasteiger partial charge in [0.2, 0.25) is 5.91 Å². The number of hydrogen-bond acceptors (Lipinski definition) is 3. The second-order valence-corrected chi connectivity index (χ2v) is 8.24. The van der Waals surface area contributed by atoms with E-state index in [-0.39, 0.29) is 11.9 Å². The molecule has 0 aromatic heterocycles. The molecule has 4 rings (SSSR count). The molecule has 3 nitrogen and oxygen atoms in total. The van der Waals surface area contributed by atoms with Gasteiger partial charge < -0.3 is 0 Å². The lowest BCUT2D eigenvalue weighted by molar-refractivity contribution is -0.115. The van der Waals surface area contributed by atoms with Crippen LogP contribution in [0.5, 0.6) is 0 Å². The van der Waals surface area contributed by atoms with Gasteiger partial charge in [-0.1, -0.05) is 64.1 Å². The zero-order valence-electron chi connectivity index (χ0n) is 14.3. The van der Waals surface area contributed by atoms with Crippen LogP contribution in [0.25, 0.3) is 5.57 Å². The third-order valence-electron chi connectivity index (χ3n) is 4.63. The Morgan fingerprint density at radius 1 is 1.08 bits per heavy atom. The third-order valence-corrected chi connectivity index (χ3v) is 6.09. The summed E-state index contributed by atoms with van der Waals surface area (Å²) in [6.45, 7) is 0. The molecule has 0 bridgehead atoms. The molecular weight excluding hydrogens is 408 g/mol. The van der Waals surface area contributed by atoms with Crippen molar-refractivity contribution in [2.45, 2.75) is 25.3 Å². The number of aliphatic imine (C=N–C) groups is 1. The lowest BCUT2D eigenvalue weighted by Gasteiger charge is -2.24. The van der Waals surface area contributed by atoms with Crippen LogP contribution >= 0.6 is 27.7 Å². The van der Waals surface area contributed by atoms with Gasteiger partial charge in [-0.15, -0.1) is 0 Å². The van der Waals surface area contributed by atoms with E-state index in [0.29, 0.717) is 5.75 Å². The number of carbonyl (C=O) groups is 1. The zero-order valence-corrected chi connectivity index (χ0v) is 16.7. The minimum absolute atomic E-state index is 0.0946. The van der Waals surface area contributed by atoms with E-state index in [0.717, 1.165) is 34.6 Å². The van der Waals surface area contributed by atoms with Gasteiger partial charge in [-0.3, -0.25) is 14.7 Å². The molecule has 1 amide bonds. The van der Waals surface area contributed by atoms with Crippen molar-refractivity contribution in [2.24, 2.45) is 4.99 Å². The number of benzene rings is 2. The van der Waals surface area contributed by atoms with Gasteiger partial charge in [0.15, 0.2) is 5.17 Å². The van der Waals surface area contributed by atoms with E-state index in [1.165, 1.54) is 22.9 Å². The molecule has 0 saturated carbocycles. The van der Waals surface area contributed by atoms with Crippen molar-refractivity contribution < 1.29 is 4.79 Å². The second-order valence-electron chi connectivity index (χ2n) is 6.38. The number of nitrogens with zero attached hydrogens (tertiary/aromatic N) is 2. The molecule has 0 radical (unpaired) electrons. The molecule has 2 aromatic rings. The van der Waals surface area contributed by atoms with Crippen LogP contribution in [0.3, 0.4) is 0 Å². The van der Waals surface area contributed by atoms with Gasteiger partial charge in [0.1, 0.15) is 0 Å². The van der Waals surface area contributed by atoms with Crippen molar-refractivity contribution in [3.05, 3.63) is 70.7 Å². The van der Waals surface area contributed by atoms with Crippen LogP contribution < -0.4 is 4.90 Å². The molecule has 1 heterocycles. The molecule has 1 saturated heterocycles. The molecule has 1 aliphatic carbocycles. The molecule has 0 N–H and O–H groups in total. The summed E-state index contributed by atoms with van der Waals surface area (Å²) in [5.74, 6) is 0.545. The molecular formula is C21H19BrN2OS. The molecule has 132 valence electrons. The van der Waals surface area contributed by atoms with Crippen LogP contribution in [-0.2, 0) is 4.79 Å². The lowest BCUT2D eigenvalue weighted by atomic mass is 9.89. The number of carbonyl (C=O) groups excluding carboxylic acids is 1. The Bertz CT molecular complexity index is 861. The first-order valence-electron chi connectivity index (χ1n) is 8.77. The van der Waals surface area contributed by atoms with Crippen LogP contribution in [0.1, 0.15) is 24.8 Å². The number of allylic oxidation sites excluding steroid dienone is 1. The standard InChI is InChI=1S/C21H19BrN2OS/c22-16-10-12-17(13-11-16)24-20(25)14-26-21(24)23-19-9-5-4-8-18(19)15-6-2-1-3-7-15/h1-3,6-8,10-13,19H,4-5,9,14H2/t19-/m0/s1. The SMILES string of the molecule is O=C1CSC(=N[C@H]2CCCC=C2c2ccccc2)N1c1ccc(Br)cc1. The highest BCUT2D eigenvalue weighted by Gasteiger charge is 2.31. The van der Waals surface area contributed by atoms with Crippen LogP contribution in [0.15, 0.2) is 70.1 Å². The first kappa shape index (κ1) is 17.6. The maximum atomic E-state index is 12.5. The smallest absolute Gasteiger partial charge is 0.243 e. The van der Waals surface area contributed by atoms with E-state index < -0.39 is 0 Å². The van der Waals surface area contributed by atoms with Crippen LogP contribution in [0, 0.1) is 0 Å². The maximum Gasteiger partial charge on any atom is 0.243 e. The van der Waals surface area contributed by atoms with Crippen molar-refractivity contribution in [3.63, 3.8) is 0 Å². The number of rotatable bonds is 3. The quantitative estimate of drug-likeness (QED) is 0.646. The summed E-state index contributed by atoms with van der Waals surface area (Å²) < 4.78 is 1.00. The summed E-state index contributed by atoms with van der Waals surface area (Å²) in [4.78, 5) is 19.2. The minimum Gasteiger partial charge on any atom is -0.273 e. The van der Waals surface area contributed by atoms with Gasteiger partial charge in [-0.25, -0.2) is 0 Å². The molecule has 1 aliphatic heterocycles. The number of amides is 1.